The Balaban J connectivity index is 1.41. The molecular weight excluding hydrogens is 559 g/mol. The van der Waals surface area contributed by atoms with Gasteiger partial charge in [-0.05, 0) is 41.1 Å². The number of anilines is 1. The summed E-state index contributed by atoms with van der Waals surface area (Å²) < 4.78 is 16.3. The zero-order chi connectivity index (χ0) is 27.0. The van der Waals surface area contributed by atoms with Crippen molar-refractivity contribution in [2.75, 3.05) is 11.9 Å². The first-order chi connectivity index (χ1) is 18.2. The number of carbonyl (C=O) groups excluding carboxylic acids is 3. The molecule has 194 valence electrons. The Bertz CT molecular complexity index is 1560. The number of aromatic nitrogens is 6. The van der Waals surface area contributed by atoms with Crippen LogP contribution < -0.4 is 5.32 Å². The molecule has 2 amide bonds. The van der Waals surface area contributed by atoms with Gasteiger partial charge in [-0.15, -0.1) is 0 Å². The lowest BCUT2D eigenvalue weighted by Gasteiger charge is -2.23. The van der Waals surface area contributed by atoms with Crippen molar-refractivity contribution in [2.45, 2.75) is 39.0 Å². The van der Waals surface area contributed by atoms with Crippen molar-refractivity contribution in [1.29, 1.82) is 0 Å². The molecule has 0 aliphatic carbocycles. The molecule has 4 aromatic heterocycles. The zero-order valence-corrected chi connectivity index (χ0v) is 22.0. The molecule has 13 heteroatoms. The Morgan fingerprint density at radius 3 is 2.63 bits per heavy atom. The summed E-state index contributed by atoms with van der Waals surface area (Å²) in [5.74, 6) is -0.442. The van der Waals surface area contributed by atoms with Crippen LogP contribution in [-0.2, 0) is 16.1 Å². The van der Waals surface area contributed by atoms with Crippen LogP contribution in [0.2, 0.25) is 0 Å². The molecule has 0 spiro atoms. The molecule has 1 N–H and O–H groups in total. The van der Waals surface area contributed by atoms with E-state index in [-0.39, 0.29) is 36.8 Å². The van der Waals surface area contributed by atoms with Crippen LogP contribution in [0.3, 0.4) is 0 Å². The highest BCUT2D eigenvalue weighted by Crippen LogP contribution is 2.26. The predicted octanol–water partition coefficient (Wildman–Crippen LogP) is 3.13. The van der Waals surface area contributed by atoms with E-state index in [9.17, 15) is 18.8 Å². The van der Waals surface area contributed by atoms with Gasteiger partial charge >= 0.3 is 0 Å². The maximum absolute atomic E-state index is 14.4. The van der Waals surface area contributed by atoms with Crippen LogP contribution in [0.1, 0.15) is 29.7 Å². The molecular formula is C25H22BrFN8O3. The van der Waals surface area contributed by atoms with Crippen LogP contribution in [0.4, 0.5) is 10.2 Å². The number of fused-ring (bicyclic) bond motifs is 1. The summed E-state index contributed by atoms with van der Waals surface area (Å²) in [7, 11) is 0. The number of nitrogens with zero attached hydrogens (tertiary/aromatic N) is 7. The quantitative estimate of drug-likeness (QED) is 0.271. The van der Waals surface area contributed by atoms with E-state index in [4.69, 9.17) is 0 Å². The maximum Gasteiger partial charge on any atom is 0.248 e. The maximum atomic E-state index is 14.4. The first-order valence-corrected chi connectivity index (χ1v) is 12.5. The Morgan fingerprint density at radius 1 is 1.16 bits per heavy atom. The molecule has 11 nitrogen and oxygen atoms in total. The molecule has 5 rings (SSSR count). The van der Waals surface area contributed by atoms with E-state index in [0.717, 1.165) is 0 Å². The predicted molar refractivity (Wildman–Crippen MR) is 139 cm³/mol. The van der Waals surface area contributed by atoms with Gasteiger partial charge in [0, 0.05) is 36.7 Å². The smallest absolute Gasteiger partial charge is 0.248 e. The molecule has 0 bridgehead atoms. The van der Waals surface area contributed by atoms with Gasteiger partial charge in [-0.25, -0.2) is 19.3 Å². The first kappa shape index (κ1) is 25.5. The van der Waals surface area contributed by atoms with Crippen molar-refractivity contribution in [3.05, 3.63) is 59.0 Å². The SMILES string of the molecule is CC(=O)c1nn(CC(=O)N2C[C@H](F)C[C@H]2C(=O)Nc2cccc(Br)n2)c2cnc(-c3cnc(C)nc3)cc12. The average Bonchev–Trinajstić information content (AvgIpc) is 3.45. The average molecular weight is 581 g/mol. The number of ketones is 1. The number of amides is 2. The van der Waals surface area contributed by atoms with Crippen LogP contribution in [0, 0.1) is 6.92 Å². The van der Waals surface area contributed by atoms with E-state index >= 15 is 0 Å². The lowest BCUT2D eigenvalue weighted by molar-refractivity contribution is -0.137. The van der Waals surface area contributed by atoms with Crippen molar-refractivity contribution in [2.24, 2.45) is 0 Å². The van der Waals surface area contributed by atoms with E-state index in [1.807, 2.05) is 0 Å². The minimum atomic E-state index is -1.35. The molecule has 38 heavy (non-hydrogen) atoms. The van der Waals surface area contributed by atoms with Crippen molar-refractivity contribution >= 4 is 50.2 Å². The molecule has 1 aliphatic heterocycles. The number of alkyl halides is 1. The molecule has 1 aliphatic rings. The number of likely N-dealkylation sites (tertiary alicyclic amines) is 1. The second-order valence-electron chi connectivity index (χ2n) is 8.90. The third kappa shape index (κ3) is 5.14. The van der Waals surface area contributed by atoms with Gasteiger partial charge in [0.25, 0.3) is 0 Å². The highest BCUT2D eigenvalue weighted by atomic mass is 79.9. The summed E-state index contributed by atoms with van der Waals surface area (Å²) in [6.07, 6.45) is 3.30. The first-order valence-electron chi connectivity index (χ1n) is 11.7. The van der Waals surface area contributed by atoms with Crippen molar-refractivity contribution in [3.63, 3.8) is 0 Å². The van der Waals surface area contributed by atoms with Crippen LogP contribution in [-0.4, -0.2) is 71.0 Å². The number of hydrogen-bond acceptors (Lipinski definition) is 8. The number of aryl methyl sites for hydroxylation is 1. The summed E-state index contributed by atoms with van der Waals surface area (Å²) in [5.41, 5.74) is 1.83. The van der Waals surface area contributed by atoms with E-state index in [1.54, 1.807) is 43.6 Å². The van der Waals surface area contributed by atoms with E-state index in [2.05, 4.69) is 46.3 Å². The molecule has 1 saturated heterocycles. The van der Waals surface area contributed by atoms with Gasteiger partial charge in [0.2, 0.25) is 11.8 Å². The Morgan fingerprint density at radius 2 is 1.92 bits per heavy atom. The highest BCUT2D eigenvalue weighted by molar-refractivity contribution is 9.10. The molecule has 0 unspecified atom stereocenters. The lowest BCUT2D eigenvalue weighted by atomic mass is 10.1. The number of hydrogen-bond donors (Lipinski definition) is 1. The topological polar surface area (TPSA) is 136 Å². The number of nitrogens with one attached hydrogen (secondary N) is 1. The van der Waals surface area contributed by atoms with Gasteiger partial charge in [-0.2, -0.15) is 5.10 Å². The molecule has 0 saturated carbocycles. The van der Waals surface area contributed by atoms with Crippen LogP contribution >= 0.6 is 15.9 Å². The van der Waals surface area contributed by atoms with Crippen molar-refractivity contribution in [3.8, 4) is 11.3 Å². The fraction of sp³-hybridized carbons (Fsp3) is 0.280. The minimum absolute atomic E-state index is 0.131. The van der Waals surface area contributed by atoms with Gasteiger partial charge in [0.15, 0.2) is 5.78 Å². The second kappa shape index (κ2) is 10.3. The van der Waals surface area contributed by atoms with Crippen molar-refractivity contribution in [1.82, 2.24) is 34.6 Å². The fourth-order valence-electron chi connectivity index (χ4n) is 4.35. The normalized spacial score (nSPS) is 17.1. The zero-order valence-electron chi connectivity index (χ0n) is 20.4. The summed E-state index contributed by atoms with van der Waals surface area (Å²) in [6, 6.07) is 5.68. The number of halogens is 2. The summed E-state index contributed by atoms with van der Waals surface area (Å²) in [5, 5.41) is 7.50. The Kier molecular flexibility index (Phi) is 6.93. The third-order valence-electron chi connectivity index (χ3n) is 6.17. The largest absolute Gasteiger partial charge is 0.326 e. The van der Waals surface area contributed by atoms with Crippen LogP contribution in [0.25, 0.3) is 22.2 Å². The molecule has 5 heterocycles. The van der Waals surface area contributed by atoms with Crippen LogP contribution in [0.5, 0.6) is 0 Å². The summed E-state index contributed by atoms with van der Waals surface area (Å²) >= 11 is 3.24. The van der Waals surface area contributed by atoms with Gasteiger partial charge in [0.1, 0.15) is 40.7 Å². The van der Waals surface area contributed by atoms with Gasteiger partial charge in [-0.1, -0.05) is 6.07 Å². The van der Waals surface area contributed by atoms with Gasteiger partial charge in [0.05, 0.1) is 24.0 Å². The fourth-order valence-corrected chi connectivity index (χ4v) is 4.69. The summed E-state index contributed by atoms with van der Waals surface area (Å²) in [6.45, 7) is 2.63. The van der Waals surface area contributed by atoms with Crippen LogP contribution in [0.15, 0.2) is 47.5 Å². The molecule has 0 aromatic carbocycles. The Labute approximate surface area is 224 Å². The van der Waals surface area contributed by atoms with E-state index < -0.39 is 24.0 Å². The van der Waals surface area contributed by atoms with Crippen molar-refractivity contribution < 1.29 is 18.8 Å². The molecule has 1 fully saturated rings. The highest BCUT2D eigenvalue weighted by Gasteiger charge is 2.40. The minimum Gasteiger partial charge on any atom is -0.326 e. The monoisotopic (exact) mass is 580 g/mol. The number of rotatable bonds is 6. The number of carbonyl (C=O) groups is 3. The van der Waals surface area contributed by atoms with E-state index in [1.165, 1.54) is 22.7 Å². The number of Topliss-reactive ketones (excluding diaryl/α,β-unsaturated/α-hetero) is 1. The van der Waals surface area contributed by atoms with Gasteiger partial charge in [-0.3, -0.25) is 24.0 Å². The molecule has 4 aromatic rings. The standard InChI is InChI=1S/C25H22BrFN8O3/c1-13(36)24-17-7-18(15-8-28-14(2)29-9-15)30-10-20(17)35(33-24)12-23(37)34-11-16(27)6-19(34)25(38)32-22-5-3-4-21(26)31-22/h3-5,7-10,16,19H,6,11-12H2,1-2H3,(H,31,32,38)/t16-,19+/m1/s1. The molecule has 0 radical (unpaired) electrons. The number of pyridine rings is 2. The Hall–Kier alpha value is -4.13. The summed E-state index contributed by atoms with van der Waals surface area (Å²) in [4.78, 5) is 56.7. The van der Waals surface area contributed by atoms with E-state index in [0.29, 0.717) is 32.6 Å². The second-order valence-corrected chi connectivity index (χ2v) is 9.71. The molecule has 2 atom stereocenters. The lowest BCUT2D eigenvalue weighted by Crippen LogP contribution is -2.44. The van der Waals surface area contributed by atoms with Gasteiger partial charge < -0.3 is 10.2 Å². The third-order valence-corrected chi connectivity index (χ3v) is 6.61.